The van der Waals surface area contributed by atoms with Crippen molar-refractivity contribution in [2.75, 3.05) is 14.2 Å². The second-order valence-electron chi connectivity index (χ2n) is 7.43. The van der Waals surface area contributed by atoms with Gasteiger partial charge in [-0.2, -0.15) is 13.2 Å². The van der Waals surface area contributed by atoms with Gasteiger partial charge in [-0.15, -0.1) is 10.2 Å². The summed E-state index contributed by atoms with van der Waals surface area (Å²) in [6.45, 7) is 0.624. The Balaban J connectivity index is 1.60. The SMILES string of the molecule is COCc1nnc2n1Cc1c(C#Cc3ccc(C(F)(F)F)cn3)ncn1-c1ccc(OC)cc1-2. The second kappa shape index (κ2) is 8.31. The Bertz CT molecular complexity index is 1430. The first-order chi connectivity index (χ1) is 16.4. The molecule has 4 aromatic rings. The molecule has 0 aliphatic carbocycles. The predicted molar refractivity (Wildman–Crippen MR) is 114 cm³/mol. The molecule has 0 saturated carbocycles. The summed E-state index contributed by atoms with van der Waals surface area (Å²) in [5, 5.41) is 8.64. The summed E-state index contributed by atoms with van der Waals surface area (Å²) in [6.07, 6.45) is -2.03. The quantitative estimate of drug-likeness (QED) is 0.379. The van der Waals surface area contributed by atoms with Crippen molar-refractivity contribution in [3.05, 3.63) is 71.3 Å². The molecule has 8 nitrogen and oxygen atoms in total. The summed E-state index contributed by atoms with van der Waals surface area (Å²) in [6, 6.07) is 7.80. The third-order valence-electron chi connectivity index (χ3n) is 5.38. The lowest BCUT2D eigenvalue weighted by Gasteiger charge is -2.09. The van der Waals surface area contributed by atoms with E-state index in [1.807, 2.05) is 27.3 Å². The zero-order chi connectivity index (χ0) is 23.9. The molecule has 0 fully saturated rings. The maximum atomic E-state index is 12.8. The molecule has 5 rings (SSSR count). The molecule has 172 valence electrons. The molecule has 0 amide bonds. The van der Waals surface area contributed by atoms with Gasteiger partial charge in [0.2, 0.25) is 0 Å². The normalized spacial score (nSPS) is 12.1. The van der Waals surface area contributed by atoms with Crippen molar-refractivity contribution in [2.45, 2.75) is 19.3 Å². The van der Waals surface area contributed by atoms with E-state index in [0.29, 0.717) is 29.6 Å². The molecule has 0 radical (unpaired) electrons. The number of ether oxygens (including phenoxy) is 2. The van der Waals surface area contributed by atoms with Gasteiger partial charge in [0.25, 0.3) is 0 Å². The minimum atomic E-state index is -4.45. The molecule has 4 heterocycles. The van der Waals surface area contributed by atoms with Gasteiger partial charge in [-0.1, -0.05) is 0 Å². The molecule has 0 N–H and O–H groups in total. The van der Waals surface area contributed by atoms with E-state index in [-0.39, 0.29) is 12.3 Å². The highest BCUT2D eigenvalue weighted by Crippen LogP contribution is 2.35. The number of hydrogen-bond acceptors (Lipinski definition) is 6. The van der Waals surface area contributed by atoms with Crippen LogP contribution in [0.15, 0.2) is 42.9 Å². The first-order valence-electron chi connectivity index (χ1n) is 10.1. The van der Waals surface area contributed by atoms with Crippen molar-refractivity contribution in [2.24, 2.45) is 0 Å². The predicted octanol–water partition coefficient (Wildman–Crippen LogP) is 3.46. The first kappa shape index (κ1) is 21.7. The molecule has 34 heavy (non-hydrogen) atoms. The van der Waals surface area contributed by atoms with Crippen LogP contribution in [-0.2, 0) is 24.1 Å². The van der Waals surface area contributed by atoms with Crippen molar-refractivity contribution < 1.29 is 22.6 Å². The van der Waals surface area contributed by atoms with Crippen molar-refractivity contribution in [1.82, 2.24) is 29.3 Å². The number of hydrogen-bond donors (Lipinski definition) is 0. The van der Waals surface area contributed by atoms with Crippen LogP contribution >= 0.6 is 0 Å². The molecule has 0 saturated heterocycles. The second-order valence-corrected chi connectivity index (χ2v) is 7.43. The van der Waals surface area contributed by atoms with Crippen LogP contribution in [0.5, 0.6) is 5.75 Å². The lowest BCUT2D eigenvalue weighted by molar-refractivity contribution is -0.137. The van der Waals surface area contributed by atoms with Crippen LogP contribution < -0.4 is 4.74 Å². The topological polar surface area (TPSA) is 79.9 Å². The number of halogens is 3. The fourth-order valence-electron chi connectivity index (χ4n) is 3.71. The Morgan fingerprint density at radius 3 is 2.62 bits per heavy atom. The highest BCUT2D eigenvalue weighted by Gasteiger charge is 2.30. The number of imidazole rings is 1. The van der Waals surface area contributed by atoms with Crippen LogP contribution in [0, 0.1) is 11.8 Å². The Labute approximate surface area is 192 Å². The third kappa shape index (κ3) is 3.78. The van der Waals surface area contributed by atoms with Gasteiger partial charge in [0.1, 0.15) is 30.1 Å². The minimum Gasteiger partial charge on any atom is -0.497 e. The van der Waals surface area contributed by atoms with E-state index in [1.165, 1.54) is 6.07 Å². The van der Waals surface area contributed by atoms with Crippen molar-refractivity contribution >= 4 is 0 Å². The minimum absolute atomic E-state index is 0.207. The number of pyridine rings is 1. The summed E-state index contributed by atoms with van der Waals surface area (Å²) in [5.74, 6) is 7.69. The third-order valence-corrected chi connectivity index (χ3v) is 5.38. The number of rotatable bonds is 3. The fourth-order valence-corrected chi connectivity index (χ4v) is 3.71. The van der Waals surface area contributed by atoms with Crippen molar-refractivity contribution in [3.8, 4) is 34.7 Å². The molecule has 0 bridgehead atoms. The Kier molecular flexibility index (Phi) is 5.30. The molecule has 1 aromatic carbocycles. The van der Waals surface area contributed by atoms with E-state index >= 15 is 0 Å². The van der Waals surface area contributed by atoms with E-state index in [0.717, 1.165) is 29.2 Å². The summed E-state index contributed by atoms with van der Waals surface area (Å²) in [5.41, 5.74) is 2.23. The number of benzene rings is 1. The van der Waals surface area contributed by atoms with Crippen molar-refractivity contribution in [3.63, 3.8) is 0 Å². The van der Waals surface area contributed by atoms with Crippen LogP contribution in [0.1, 0.15) is 28.5 Å². The Morgan fingerprint density at radius 1 is 1.06 bits per heavy atom. The molecule has 3 aromatic heterocycles. The average molecular weight is 466 g/mol. The zero-order valence-corrected chi connectivity index (χ0v) is 18.1. The van der Waals surface area contributed by atoms with Crippen LogP contribution in [-0.4, -0.2) is 43.5 Å². The highest BCUT2D eigenvalue weighted by atomic mass is 19.4. The number of fused-ring (bicyclic) bond motifs is 5. The fraction of sp³-hybridized carbons (Fsp3) is 0.217. The summed E-state index contributed by atoms with van der Waals surface area (Å²) in [7, 11) is 3.17. The van der Waals surface area contributed by atoms with Gasteiger partial charge in [-0.25, -0.2) is 9.97 Å². The van der Waals surface area contributed by atoms with Gasteiger partial charge in [-0.05, 0) is 42.2 Å². The molecular formula is C23H17F3N6O2. The number of methoxy groups -OCH3 is 2. The lowest BCUT2D eigenvalue weighted by Crippen LogP contribution is -2.09. The number of nitrogens with zero attached hydrogens (tertiary/aromatic N) is 6. The van der Waals surface area contributed by atoms with Gasteiger partial charge >= 0.3 is 6.18 Å². The average Bonchev–Trinajstić information content (AvgIpc) is 3.38. The van der Waals surface area contributed by atoms with Crippen LogP contribution in [0.25, 0.3) is 17.1 Å². The smallest absolute Gasteiger partial charge is 0.417 e. The lowest BCUT2D eigenvalue weighted by atomic mass is 10.1. The zero-order valence-electron chi connectivity index (χ0n) is 18.1. The highest BCUT2D eigenvalue weighted by molar-refractivity contribution is 5.71. The summed E-state index contributed by atoms with van der Waals surface area (Å²) in [4.78, 5) is 8.26. The van der Waals surface area contributed by atoms with E-state index in [4.69, 9.17) is 9.47 Å². The van der Waals surface area contributed by atoms with Crippen LogP contribution in [0.2, 0.25) is 0 Å². The summed E-state index contributed by atoms with van der Waals surface area (Å²) < 4.78 is 52.9. The molecule has 1 aliphatic rings. The van der Waals surface area contributed by atoms with Crippen LogP contribution in [0.4, 0.5) is 13.2 Å². The van der Waals surface area contributed by atoms with Gasteiger partial charge in [0, 0.05) is 18.9 Å². The number of aromatic nitrogens is 6. The van der Waals surface area contributed by atoms with Crippen LogP contribution in [0.3, 0.4) is 0 Å². The van der Waals surface area contributed by atoms with Gasteiger partial charge in [-0.3, -0.25) is 4.57 Å². The first-order valence-corrected chi connectivity index (χ1v) is 10.1. The summed E-state index contributed by atoms with van der Waals surface area (Å²) >= 11 is 0. The molecule has 11 heteroatoms. The molecule has 0 spiro atoms. The Hall–Kier alpha value is -4.17. The van der Waals surface area contributed by atoms with Crippen molar-refractivity contribution in [1.29, 1.82) is 0 Å². The van der Waals surface area contributed by atoms with Gasteiger partial charge < -0.3 is 14.0 Å². The molecule has 0 unspecified atom stereocenters. The van der Waals surface area contributed by atoms with E-state index in [9.17, 15) is 13.2 Å². The monoisotopic (exact) mass is 466 g/mol. The van der Waals surface area contributed by atoms with E-state index in [1.54, 1.807) is 20.5 Å². The van der Waals surface area contributed by atoms with Gasteiger partial charge in [0.15, 0.2) is 11.6 Å². The Morgan fingerprint density at radius 2 is 1.91 bits per heavy atom. The maximum absolute atomic E-state index is 12.8. The molecule has 0 atom stereocenters. The van der Waals surface area contributed by atoms with Gasteiger partial charge in [0.05, 0.1) is 30.6 Å². The van der Waals surface area contributed by atoms with E-state index in [2.05, 4.69) is 32.0 Å². The maximum Gasteiger partial charge on any atom is 0.417 e. The standard InChI is InChI=1S/C23H17F3N6O2/c1-33-12-21-29-30-22-17-9-16(34-2)6-8-19(17)32-13-28-18(20(32)11-31(21)22)7-5-15-4-3-14(10-27-15)23(24,25)26/h3-4,6,8-10,13H,11-12H2,1-2H3. The van der Waals surface area contributed by atoms with E-state index < -0.39 is 11.7 Å². The number of alkyl halides is 3. The largest absolute Gasteiger partial charge is 0.497 e. The molecular weight excluding hydrogens is 449 g/mol. The molecule has 1 aliphatic heterocycles.